The first-order valence-electron chi connectivity index (χ1n) is 6.06. The summed E-state index contributed by atoms with van der Waals surface area (Å²) >= 11 is 1.69. The molecular weight excluding hydrogens is 247 g/mol. The van der Waals surface area contributed by atoms with Gasteiger partial charge in [0.25, 0.3) is 0 Å². The SMILES string of the molecule is Cc1csc(CC2(c3cccc(F)c3)CNC2)n1. The molecule has 0 radical (unpaired) electrons. The van der Waals surface area contributed by atoms with Crippen LogP contribution in [0.2, 0.25) is 0 Å². The van der Waals surface area contributed by atoms with Crippen LogP contribution in [0.15, 0.2) is 29.6 Å². The highest BCUT2D eigenvalue weighted by atomic mass is 32.1. The van der Waals surface area contributed by atoms with Gasteiger partial charge in [-0.25, -0.2) is 9.37 Å². The van der Waals surface area contributed by atoms with Crippen LogP contribution in [0.5, 0.6) is 0 Å². The zero-order valence-corrected chi connectivity index (χ0v) is 11.1. The minimum Gasteiger partial charge on any atom is -0.315 e. The number of benzene rings is 1. The van der Waals surface area contributed by atoms with Crippen molar-refractivity contribution in [3.05, 3.63) is 51.7 Å². The highest BCUT2D eigenvalue weighted by Gasteiger charge is 2.39. The standard InChI is InChI=1S/C14H15FN2S/c1-10-7-18-13(17-10)6-14(8-16-9-14)11-3-2-4-12(15)5-11/h2-5,7,16H,6,8-9H2,1H3. The third kappa shape index (κ3) is 2.06. The van der Waals surface area contributed by atoms with E-state index in [-0.39, 0.29) is 11.2 Å². The van der Waals surface area contributed by atoms with E-state index in [0.717, 1.165) is 35.8 Å². The summed E-state index contributed by atoms with van der Waals surface area (Å²) in [4.78, 5) is 4.52. The fourth-order valence-electron chi connectivity index (χ4n) is 2.45. The highest BCUT2D eigenvalue weighted by molar-refractivity contribution is 7.09. The Balaban J connectivity index is 1.90. The molecule has 2 nitrogen and oxygen atoms in total. The Kier molecular flexibility index (Phi) is 2.92. The van der Waals surface area contributed by atoms with Gasteiger partial charge >= 0.3 is 0 Å². The summed E-state index contributed by atoms with van der Waals surface area (Å²) in [6.07, 6.45) is 0.891. The molecule has 1 fully saturated rings. The molecule has 0 unspecified atom stereocenters. The maximum absolute atomic E-state index is 13.4. The Bertz CT molecular complexity index is 560. The average Bonchev–Trinajstić information content (AvgIpc) is 2.69. The van der Waals surface area contributed by atoms with Gasteiger partial charge in [-0.3, -0.25) is 0 Å². The number of hydrogen-bond donors (Lipinski definition) is 1. The predicted molar refractivity (Wildman–Crippen MR) is 71.5 cm³/mol. The molecule has 3 rings (SSSR count). The molecule has 0 saturated carbocycles. The third-order valence-electron chi connectivity index (χ3n) is 3.52. The number of aryl methyl sites for hydroxylation is 1. The Morgan fingerprint density at radius 3 is 2.83 bits per heavy atom. The van der Waals surface area contributed by atoms with Crippen molar-refractivity contribution in [3.63, 3.8) is 0 Å². The summed E-state index contributed by atoms with van der Waals surface area (Å²) in [7, 11) is 0. The molecule has 1 saturated heterocycles. The second-order valence-electron chi connectivity index (χ2n) is 4.95. The van der Waals surface area contributed by atoms with E-state index in [0.29, 0.717) is 0 Å². The van der Waals surface area contributed by atoms with E-state index in [4.69, 9.17) is 0 Å². The van der Waals surface area contributed by atoms with Crippen LogP contribution in [-0.2, 0) is 11.8 Å². The van der Waals surface area contributed by atoms with Crippen molar-refractivity contribution < 1.29 is 4.39 Å². The first-order valence-corrected chi connectivity index (χ1v) is 6.94. The predicted octanol–water partition coefficient (Wildman–Crippen LogP) is 2.67. The smallest absolute Gasteiger partial charge is 0.123 e. The van der Waals surface area contributed by atoms with E-state index in [9.17, 15) is 4.39 Å². The zero-order valence-electron chi connectivity index (χ0n) is 10.2. The van der Waals surface area contributed by atoms with Crippen LogP contribution in [0, 0.1) is 12.7 Å². The van der Waals surface area contributed by atoms with Crippen molar-refractivity contribution in [1.82, 2.24) is 10.3 Å². The van der Waals surface area contributed by atoms with Gasteiger partial charge in [-0.1, -0.05) is 12.1 Å². The van der Waals surface area contributed by atoms with Crippen molar-refractivity contribution in [2.75, 3.05) is 13.1 Å². The molecule has 1 aliphatic heterocycles. The van der Waals surface area contributed by atoms with Gasteiger partial charge in [0, 0.05) is 36.0 Å². The van der Waals surface area contributed by atoms with Gasteiger partial charge in [0.15, 0.2) is 0 Å². The lowest BCUT2D eigenvalue weighted by atomic mass is 9.73. The van der Waals surface area contributed by atoms with E-state index in [1.54, 1.807) is 23.5 Å². The third-order valence-corrected chi connectivity index (χ3v) is 4.49. The number of rotatable bonds is 3. The van der Waals surface area contributed by atoms with Crippen LogP contribution in [0.25, 0.3) is 0 Å². The summed E-state index contributed by atoms with van der Waals surface area (Å²) < 4.78 is 13.4. The molecule has 2 heterocycles. The summed E-state index contributed by atoms with van der Waals surface area (Å²) in [5, 5.41) is 6.51. The molecule has 0 atom stereocenters. The van der Waals surface area contributed by atoms with Crippen molar-refractivity contribution in [2.24, 2.45) is 0 Å². The van der Waals surface area contributed by atoms with Crippen LogP contribution >= 0.6 is 11.3 Å². The van der Waals surface area contributed by atoms with Crippen LogP contribution < -0.4 is 5.32 Å². The number of nitrogens with zero attached hydrogens (tertiary/aromatic N) is 1. The van der Waals surface area contributed by atoms with Gasteiger partial charge < -0.3 is 5.32 Å². The van der Waals surface area contributed by atoms with Gasteiger partial charge in [-0.15, -0.1) is 11.3 Å². The van der Waals surface area contributed by atoms with Crippen LogP contribution in [0.3, 0.4) is 0 Å². The molecule has 0 aliphatic carbocycles. The number of aromatic nitrogens is 1. The van der Waals surface area contributed by atoms with Crippen molar-refractivity contribution in [3.8, 4) is 0 Å². The maximum Gasteiger partial charge on any atom is 0.123 e. The molecule has 1 aromatic heterocycles. The van der Waals surface area contributed by atoms with Crippen LogP contribution in [0.1, 0.15) is 16.3 Å². The van der Waals surface area contributed by atoms with Crippen molar-refractivity contribution in [1.29, 1.82) is 0 Å². The molecule has 94 valence electrons. The van der Waals surface area contributed by atoms with E-state index in [1.807, 2.05) is 13.0 Å². The van der Waals surface area contributed by atoms with E-state index in [2.05, 4.69) is 15.7 Å². The van der Waals surface area contributed by atoms with Crippen LogP contribution in [-0.4, -0.2) is 18.1 Å². The van der Waals surface area contributed by atoms with Crippen molar-refractivity contribution in [2.45, 2.75) is 18.8 Å². The Hall–Kier alpha value is -1.26. The lowest BCUT2D eigenvalue weighted by Crippen LogP contribution is -2.58. The maximum atomic E-state index is 13.4. The average molecular weight is 262 g/mol. The van der Waals surface area contributed by atoms with Gasteiger partial charge in [0.05, 0.1) is 5.01 Å². The van der Waals surface area contributed by atoms with Crippen molar-refractivity contribution >= 4 is 11.3 Å². The molecule has 4 heteroatoms. The largest absolute Gasteiger partial charge is 0.315 e. The Morgan fingerprint density at radius 2 is 2.28 bits per heavy atom. The molecular formula is C14H15FN2S. The lowest BCUT2D eigenvalue weighted by molar-refractivity contribution is 0.273. The minimum absolute atomic E-state index is 0.0202. The normalized spacial score (nSPS) is 17.4. The first kappa shape index (κ1) is 11.8. The quantitative estimate of drug-likeness (QED) is 0.920. The molecule has 0 bridgehead atoms. The van der Waals surface area contributed by atoms with Gasteiger partial charge in [0.2, 0.25) is 0 Å². The second-order valence-corrected chi connectivity index (χ2v) is 5.90. The minimum atomic E-state index is -0.158. The zero-order chi connectivity index (χ0) is 12.6. The van der Waals surface area contributed by atoms with E-state index < -0.39 is 0 Å². The summed E-state index contributed by atoms with van der Waals surface area (Å²) in [5.74, 6) is -0.158. The topological polar surface area (TPSA) is 24.9 Å². The molecule has 0 amide bonds. The van der Waals surface area contributed by atoms with Gasteiger partial charge in [-0.05, 0) is 24.6 Å². The first-order chi connectivity index (χ1) is 8.68. The fraction of sp³-hybridized carbons (Fsp3) is 0.357. The van der Waals surface area contributed by atoms with Gasteiger partial charge in [-0.2, -0.15) is 0 Å². The Morgan fingerprint density at radius 1 is 1.44 bits per heavy atom. The highest BCUT2D eigenvalue weighted by Crippen LogP contribution is 2.33. The van der Waals surface area contributed by atoms with Crippen LogP contribution in [0.4, 0.5) is 4.39 Å². The summed E-state index contributed by atoms with van der Waals surface area (Å²) in [5.41, 5.74) is 2.16. The number of nitrogens with one attached hydrogen (secondary N) is 1. The molecule has 2 aromatic rings. The number of halogens is 1. The monoisotopic (exact) mass is 262 g/mol. The molecule has 1 aromatic carbocycles. The fourth-order valence-corrected chi connectivity index (χ4v) is 3.37. The van der Waals surface area contributed by atoms with Gasteiger partial charge in [0.1, 0.15) is 5.82 Å². The van der Waals surface area contributed by atoms with E-state index >= 15 is 0 Å². The lowest BCUT2D eigenvalue weighted by Gasteiger charge is -2.43. The number of thiazole rings is 1. The number of hydrogen-bond acceptors (Lipinski definition) is 3. The van der Waals surface area contributed by atoms with E-state index in [1.165, 1.54) is 6.07 Å². The Labute approximate surface area is 110 Å². The summed E-state index contributed by atoms with van der Waals surface area (Å²) in [6, 6.07) is 6.96. The summed E-state index contributed by atoms with van der Waals surface area (Å²) in [6.45, 7) is 3.80. The molecule has 1 aliphatic rings. The second kappa shape index (κ2) is 4.44. The molecule has 18 heavy (non-hydrogen) atoms. The molecule has 0 spiro atoms. The molecule has 1 N–H and O–H groups in total.